The normalized spacial score (nSPS) is 12.0. The largest absolute Gasteiger partial charge is 2.00 e. The van der Waals surface area contributed by atoms with Crippen LogP contribution in [0.3, 0.4) is 0 Å². The van der Waals surface area contributed by atoms with E-state index in [1.54, 1.807) is 0 Å². The van der Waals surface area contributed by atoms with Gasteiger partial charge in [-0.05, 0) is 64.8 Å². The van der Waals surface area contributed by atoms with E-state index in [-0.39, 0.29) is 53.0 Å². The van der Waals surface area contributed by atoms with Crippen LogP contribution in [0.2, 0.25) is 0 Å². The number of unbranched alkanes of at least 4 members (excludes halogenated alkanes) is 4. The van der Waals surface area contributed by atoms with Crippen molar-refractivity contribution >= 4 is 57.2 Å². The Kier molecular flexibility index (Phi) is 20.2. The second kappa shape index (κ2) is 21.1. The molecule has 0 aliphatic rings. The molecule has 4 aromatic rings. The summed E-state index contributed by atoms with van der Waals surface area (Å²) in [6, 6.07) is 24.2. The fraction of sp³-hybridized carbons (Fsp3) is 0.444. The molecule has 0 aliphatic heterocycles. The van der Waals surface area contributed by atoms with E-state index in [1.807, 2.05) is 48.5 Å². The zero-order valence-electron chi connectivity index (χ0n) is 27.2. The molecular formula is C36H46Cl2CuN4S2-2. The van der Waals surface area contributed by atoms with Gasteiger partial charge in [-0.15, -0.1) is 0 Å². The number of halogens is 2. The quantitative estimate of drug-likeness (QED) is 0.0733. The molecule has 45 heavy (non-hydrogen) atoms. The van der Waals surface area contributed by atoms with E-state index in [9.17, 15) is 0 Å². The van der Waals surface area contributed by atoms with E-state index in [2.05, 4.69) is 75.8 Å². The monoisotopic (exact) mass is 731 g/mol. The molecular weight excluding hydrogens is 687 g/mol. The number of para-hydroxylation sites is 2. The van der Waals surface area contributed by atoms with Crippen LogP contribution in [0.25, 0.3) is 21.8 Å². The molecule has 0 fully saturated rings. The number of pyridine rings is 2. The Morgan fingerprint density at radius 3 is 1.29 bits per heavy atom. The SMILES string of the molecule is CCCCCC(C)(C)N=C([S-])c1ccc2ccccc2n1.CCCCCC(C)(C)N=C([S-])c1ccc2ccccc2n1.[Cl-].[Cl-].[Cu+2]. The third-order valence-electron chi connectivity index (χ3n) is 7.23. The molecule has 9 heteroatoms. The molecule has 0 atom stereocenters. The van der Waals surface area contributed by atoms with Gasteiger partial charge in [-0.2, -0.15) is 0 Å². The second-order valence-corrected chi connectivity index (χ2v) is 12.9. The Hall–Kier alpha value is -1.86. The van der Waals surface area contributed by atoms with Crippen molar-refractivity contribution in [1.82, 2.24) is 9.97 Å². The van der Waals surface area contributed by atoms with Crippen LogP contribution in [0, 0.1) is 0 Å². The van der Waals surface area contributed by atoms with Crippen molar-refractivity contribution in [3.63, 3.8) is 0 Å². The topological polar surface area (TPSA) is 50.5 Å². The van der Waals surface area contributed by atoms with E-state index in [0.29, 0.717) is 10.1 Å². The molecule has 0 unspecified atom stereocenters. The van der Waals surface area contributed by atoms with Crippen molar-refractivity contribution in [1.29, 1.82) is 0 Å². The summed E-state index contributed by atoms with van der Waals surface area (Å²) in [5, 5.41) is 3.49. The van der Waals surface area contributed by atoms with Gasteiger partial charge in [-0.1, -0.05) is 111 Å². The van der Waals surface area contributed by atoms with Gasteiger partial charge in [0.25, 0.3) is 0 Å². The number of hydrogen-bond donors (Lipinski definition) is 0. The minimum absolute atomic E-state index is 0. The van der Waals surface area contributed by atoms with E-state index in [0.717, 1.165) is 46.0 Å². The van der Waals surface area contributed by atoms with Crippen molar-refractivity contribution in [3.05, 3.63) is 84.2 Å². The number of hydrogen-bond acceptors (Lipinski definition) is 6. The fourth-order valence-electron chi connectivity index (χ4n) is 4.76. The molecule has 4 rings (SSSR count). The van der Waals surface area contributed by atoms with Crippen LogP contribution in [-0.2, 0) is 42.3 Å². The zero-order valence-corrected chi connectivity index (χ0v) is 31.3. The van der Waals surface area contributed by atoms with Crippen LogP contribution in [0.15, 0.2) is 82.8 Å². The van der Waals surface area contributed by atoms with Crippen molar-refractivity contribution in [2.24, 2.45) is 9.98 Å². The number of aliphatic imine (C=N–C) groups is 2. The zero-order chi connectivity index (χ0) is 30.6. The van der Waals surface area contributed by atoms with E-state index < -0.39 is 0 Å². The molecule has 2 aromatic carbocycles. The Labute approximate surface area is 305 Å². The average Bonchev–Trinajstić information content (AvgIpc) is 2.96. The summed E-state index contributed by atoms with van der Waals surface area (Å²) in [6.07, 6.45) is 9.48. The Bertz CT molecular complexity index is 1400. The first-order valence-electron chi connectivity index (χ1n) is 15.3. The number of aromatic nitrogens is 2. The van der Waals surface area contributed by atoms with Crippen molar-refractivity contribution < 1.29 is 41.9 Å². The molecule has 0 amide bonds. The molecule has 2 heterocycles. The Balaban J connectivity index is 0.000000807. The van der Waals surface area contributed by atoms with E-state index in [1.165, 1.54) is 38.5 Å². The molecule has 249 valence electrons. The third-order valence-corrected chi connectivity index (χ3v) is 7.83. The van der Waals surface area contributed by atoms with Crippen LogP contribution in [0.1, 0.15) is 104 Å². The molecule has 0 saturated heterocycles. The average molecular weight is 733 g/mol. The molecule has 0 bridgehead atoms. The summed E-state index contributed by atoms with van der Waals surface area (Å²) in [4.78, 5) is 18.7. The summed E-state index contributed by atoms with van der Waals surface area (Å²) < 4.78 is 0. The van der Waals surface area contributed by atoms with Gasteiger partial charge in [0.15, 0.2) is 0 Å². The Morgan fingerprint density at radius 1 is 0.578 bits per heavy atom. The fourth-order valence-corrected chi connectivity index (χ4v) is 5.48. The van der Waals surface area contributed by atoms with Crippen molar-refractivity contribution in [2.75, 3.05) is 0 Å². The van der Waals surface area contributed by atoms with Crippen LogP contribution in [-0.4, -0.2) is 31.1 Å². The predicted octanol–water partition coefficient (Wildman–Crippen LogP) is 3.78. The summed E-state index contributed by atoms with van der Waals surface area (Å²) in [5.41, 5.74) is 3.31. The van der Waals surface area contributed by atoms with Gasteiger partial charge in [0.1, 0.15) is 0 Å². The van der Waals surface area contributed by atoms with Crippen molar-refractivity contribution in [2.45, 2.75) is 104 Å². The summed E-state index contributed by atoms with van der Waals surface area (Å²) >= 11 is 11.0. The van der Waals surface area contributed by atoms with Crippen LogP contribution < -0.4 is 24.8 Å². The molecule has 4 nitrogen and oxygen atoms in total. The van der Waals surface area contributed by atoms with Gasteiger partial charge >= 0.3 is 17.1 Å². The molecule has 0 spiro atoms. The molecule has 0 N–H and O–H groups in total. The van der Waals surface area contributed by atoms with Gasteiger partial charge in [-0.3, -0.25) is 0 Å². The number of fused-ring (bicyclic) bond motifs is 2. The minimum Gasteiger partial charge on any atom is -1.00 e. The van der Waals surface area contributed by atoms with E-state index in [4.69, 9.17) is 35.2 Å². The maximum absolute atomic E-state index is 5.48. The standard InChI is InChI=1S/2C18H24N2S.2ClH.Cu/c2*1-4-5-8-13-18(2,3)20-17(21)16-12-11-14-9-6-7-10-15(14)19-16;;;/h2*6-7,9-12H,4-5,8,13H2,1-3H3,(H,20,21);2*1H;/q;;;;+2/p-4. The van der Waals surface area contributed by atoms with Crippen LogP contribution >= 0.6 is 0 Å². The van der Waals surface area contributed by atoms with Crippen LogP contribution in [0.5, 0.6) is 0 Å². The smallest absolute Gasteiger partial charge is 1.00 e. The van der Waals surface area contributed by atoms with Crippen molar-refractivity contribution in [3.8, 4) is 0 Å². The summed E-state index contributed by atoms with van der Waals surface area (Å²) in [7, 11) is 0. The van der Waals surface area contributed by atoms with Gasteiger partial charge in [0.2, 0.25) is 0 Å². The van der Waals surface area contributed by atoms with Crippen LogP contribution in [0.4, 0.5) is 0 Å². The predicted molar refractivity (Wildman–Crippen MR) is 188 cm³/mol. The maximum Gasteiger partial charge on any atom is 2.00 e. The van der Waals surface area contributed by atoms with Gasteiger partial charge in [0, 0.05) is 10.8 Å². The number of benzene rings is 2. The number of rotatable bonds is 12. The molecule has 0 aliphatic carbocycles. The minimum atomic E-state index is -0.112. The maximum atomic E-state index is 5.48. The van der Waals surface area contributed by atoms with Gasteiger partial charge in [-0.25, -0.2) is 9.97 Å². The first-order valence-corrected chi connectivity index (χ1v) is 16.1. The molecule has 1 radical (unpaired) electrons. The summed E-state index contributed by atoms with van der Waals surface area (Å²) in [6.45, 7) is 13.0. The first kappa shape index (κ1) is 43.1. The Morgan fingerprint density at radius 2 is 0.933 bits per heavy atom. The number of nitrogens with zero attached hydrogens (tertiary/aromatic N) is 4. The summed E-state index contributed by atoms with van der Waals surface area (Å²) in [5.74, 6) is 0. The molecule has 0 saturated carbocycles. The first-order chi connectivity index (χ1) is 20.0. The molecule has 2 aromatic heterocycles. The second-order valence-electron chi connectivity index (χ2n) is 12.2. The van der Waals surface area contributed by atoms with E-state index >= 15 is 0 Å². The van der Waals surface area contributed by atoms with Gasteiger partial charge < -0.3 is 60.1 Å². The van der Waals surface area contributed by atoms with Gasteiger partial charge in [0.05, 0.1) is 33.5 Å². The third kappa shape index (κ3) is 14.6.